The van der Waals surface area contributed by atoms with Crippen LogP contribution in [0.1, 0.15) is 33.1 Å². The molecule has 0 saturated heterocycles. The second kappa shape index (κ2) is 5.77. The van der Waals surface area contributed by atoms with Crippen LogP contribution in [0.4, 0.5) is 0 Å². The van der Waals surface area contributed by atoms with E-state index in [1.807, 2.05) is 38.1 Å². The predicted molar refractivity (Wildman–Crippen MR) is 79.2 cm³/mol. The Morgan fingerprint density at radius 2 is 1.81 bits per heavy atom. The Kier molecular flexibility index (Phi) is 4.22. The van der Waals surface area contributed by atoms with Gasteiger partial charge in [0.25, 0.3) is 0 Å². The molecule has 2 rings (SSSR count). The Hall–Kier alpha value is -2.02. The first-order valence-corrected chi connectivity index (χ1v) is 7.16. The fourth-order valence-electron chi connectivity index (χ4n) is 2.82. The van der Waals surface area contributed by atoms with Crippen molar-refractivity contribution in [2.45, 2.75) is 33.1 Å². The van der Waals surface area contributed by atoms with E-state index in [-0.39, 0.29) is 5.78 Å². The molecule has 1 aromatic rings. The van der Waals surface area contributed by atoms with Gasteiger partial charge < -0.3 is 9.47 Å². The van der Waals surface area contributed by atoms with E-state index in [1.165, 1.54) is 0 Å². The summed E-state index contributed by atoms with van der Waals surface area (Å²) in [5.74, 6) is 1.54. The van der Waals surface area contributed by atoms with E-state index in [2.05, 4.69) is 6.07 Å². The molecule has 1 saturated carbocycles. The van der Waals surface area contributed by atoms with E-state index in [1.54, 1.807) is 7.11 Å². The van der Waals surface area contributed by atoms with Gasteiger partial charge in [0, 0.05) is 11.8 Å². The average Bonchev–Trinajstić information content (AvgIpc) is 2.72. The van der Waals surface area contributed by atoms with Crippen molar-refractivity contribution in [3.05, 3.63) is 24.3 Å². The lowest BCUT2D eigenvalue weighted by Crippen LogP contribution is -2.32. The molecule has 0 aliphatic heterocycles. The second-order valence-corrected chi connectivity index (χ2v) is 6.18. The molecule has 0 radical (unpaired) electrons. The van der Waals surface area contributed by atoms with Gasteiger partial charge in [0.15, 0.2) is 5.78 Å². The molecular formula is C17H21NO3. The zero-order valence-electron chi connectivity index (χ0n) is 12.8. The number of ketones is 1. The average molecular weight is 287 g/mol. The van der Waals surface area contributed by atoms with Crippen molar-refractivity contribution in [1.82, 2.24) is 0 Å². The Morgan fingerprint density at radius 3 is 2.29 bits per heavy atom. The normalized spacial score (nSPS) is 23.6. The summed E-state index contributed by atoms with van der Waals surface area (Å²) in [5.41, 5.74) is -1.27. The van der Waals surface area contributed by atoms with Gasteiger partial charge in [-0.25, -0.2) is 0 Å². The Labute approximate surface area is 125 Å². The molecule has 21 heavy (non-hydrogen) atoms. The van der Waals surface area contributed by atoms with Crippen LogP contribution in [0.15, 0.2) is 24.3 Å². The largest absolute Gasteiger partial charge is 0.497 e. The molecule has 4 heteroatoms. The molecule has 0 N–H and O–H groups in total. The molecule has 1 aromatic carbocycles. The fourth-order valence-corrected chi connectivity index (χ4v) is 2.82. The van der Waals surface area contributed by atoms with Gasteiger partial charge in [-0.05, 0) is 37.1 Å². The lowest BCUT2D eigenvalue weighted by Gasteiger charge is -2.22. The molecule has 1 atom stereocenters. The highest BCUT2D eigenvalue weighted by molar-refractivity contribution is 5.94. The second-order valence-electron chi connectivity index (χ2n) is 6.18. The van der Waals surface area contributed by atoms with Crippen LogP contribution >= 0.6 is 0 Å². The summed E-state index contributed by atoms with van der Waals surface area (Å²) in [6, 6.07) is 9.51. The molecule has 0 aromatic heterocycles. The zero-order chi connectivity index (χ0) is 15.5. The summed E-state index contributed by atoms with van der Waals surface area (Å²) in [6.07, 6.45) is 1.83. The lowest BCUT2D eigenvalue weighted by molar-refractivity contribution is -0.130. The molecule has 0 amide bonds. The van der Waals surface area contributed by atoms with E-state index in [4.69, 9.17) is 9.47 Å². The minimum absolute atomic E-state index is 0.0517. The summed E-state index contributed by atoms with van der Waals surface area (Å²) in [6.45, 7) is 4.19. The van der Waals surface area contributed by atoms with Crippen molar-refractivity contribution in [3.63, 3.8) is 0 Å². The van der Waals surface area contributed by atoms with Crippen molar-refractivity contribution >= 4 is 5.78 Å². The first-order chi connectivity index (χ1) is 9.93. The van der Waals surface area contributed by atoms with Crippen LogP contribution in [-0.2, 0) is 4.79 Å². The zero-order valence-corrected chi connectivity index (χ0v) is 12.8. The van der Waals surface area contributed by atoms with E-state index in [0.717, 1.165) is 12.2 Å². The van der Waals surface area contributed by atoms with Crippen LogP contribution in [-0.4, -0.2) is 19.5 Å². The first kappa shape index (κ1) is 15.4. The molecule has 0 bridgehead atoms. The van der Waals surface area contributed by atoms with Gasteiger partial charge in [0.1, 0.15) is 16.9 Å². The first-order valence-electron chi connectivity index (χ1n) is 7.16. The van der Waals surface area contributed by atoms with Crippen LogP contribution < -0.4 is 9.47 Å². The number of nitrogens with zero attached hydrogens (tertiary/aromatic N) is 1. The number of benzene rings is 1. The number of Topliss-reactive ketones (excluding diaryl/α,β-unsaturated/α-hetero) is 1. The topological polar surface area (TPSA) is 59.3 Å². The van der Waals surface area contributed by atoms with Crippen LogP contribution in [0, 0.1) is 22.2 Å². The van der Waals surface area contributed by atoms with Gasteiger partial charge in [-0.3, -0.25) is 4.79 Å². The highest BCUT2D eigenvalue weighted by atomic mass is 16.5. The van der Waals surface area contributed by atoms with E-state index >= 15 is 0 Å². The quantitative estimate of drug-likeness (QED) is 0.833. The van der Waals surface area contributed by atoms with Gasteiger partial charge in [-0.1, -0.05) is 13.8 Å². The highest BCUT2D eigenvalue weighted by Crippen LogP contribution is 2.47. The van der Waals surface area contributed by atoms with Gasteiger partial charge in [-0.2, -0.15) is 5.26 Å². The van der Waals surface area contributed by atoms with Gasteiger partial charge >= 0.3 is 0 Å². The maximum absolute atomic E-state index is 12.4. The fraction of sp³-hybridized carbons (Fsp3) is 0.529. The summed E-state index contributed by atoms with van der Waals surface area (Å²) in [4.78, 5) is 12.4. The maximum atomic E-state index is 12.4. The third kappa shape index (κ3) is 3.02. The number of methoxy groups -OCH3 is 1. The molecule has 0 heterocycles. The predicted octanol–water partition coefficient (Wildman–Crippen LogP) is 3.36. The Bertz CT molecular complexity index is 556. The third-order valence-corrected chi connectivity index (χ3v) is 4.30. The smallest absolute Gasteiger partial charge is 0.158 e. The number of rotatable bonds is 5. The number of hydrogen-bond donors (Lipinski definition) is 0. The monoisotopic (exact) mass is 287 g/mol. The summed E-state index contributed by atoms with van der Waals surface area (Å²) in [5, 5.41) is 9.44. The maximum Gasteiger partial charge on any atom is 0.158 e. The standard InChI is InChI=1S/C17H21NO3/c1-16(2)8-9-17(12-18,15(16)19)10-11-21-14-6-4-13(20-3)5-7-14/h4-7H,8-11H2,1-3H3. The number of hydrogen-bond acceptors (Lipinski definition) is 4. The minimum atomic E-state index is -0.879. The van der Waals surface area contributed by atoms with Crippen LogP contribution in [0.2, 0.25) is 0 Å². The number of carbonyl (C=O) groups is 1. The summed E-state index contributed by atoms with van der Waals surface area (Å²) in [7, 11) is 1.61. The minimum Gasteiger partial charge on any atom is -0.497 e. The SMILES string of the molecule is COc1ccc(OCCC2(C#N)CCC(C)(C)C2=O)cc1. The Balaban J connectivity index is 1.95. The van der Waals surface area contributed by atoms with E-state index in [9.17, 15) is 10.1 Å². The molecule has 1 aliphatic carbocycles. The molecule has 1 unspecified atom stereocenters. The van der Waals surface area contributed by atoms with Crippen molar-refractivity contribution in [3.8, 4) is 17.6 Å². The number of nitriles is 1. The van der Waals surface area contributed by atoms with Gasteiger partial charge in [0.2, 0.25) is 0 Å². The Morgan fingerprint density at radius 1 is 1.19 bits per heavy atom. The van der Waals surface area contributed by atoms with Crippen molar-refractivity contribution in [1.29, 1.82) is 5.26 Å². The number of ether oxygens (including phenoxy) is 2. The summed E-state index contributed by atoms with van der Waals surface area (Å²) < 4.78 is 10.7. The third-order valence-electron chi connectivity index (χ3n) is 4.30. The van der Waals surface area contributed by atoms with Gasteiger partial charge in [-0.15, -0.1) is 0 Å². The number of carbonyl (C=O) groups excluding carboxylic acids is 1. The molecule has 1 fully saturated rings. The van der Waals surface area contributed by atoms with Crippen LogP contribution in [0.5, 0.6) is 11.5 Å². The molecule has 112 valence electrons. The van der Waals surface area contributed by atoms with Gasteiger partial charge in [0.05, 0.1) is 19.8 Å². The van der Waals surface area contributed by atoms with E-state index in [0.29, 0.717) is 25.2 Å². The highest BCUT2D eigenvalue weighted by Gasteiger charge is 2.52. The van der Waals surface area contributed by atoms with Crippen molar-refractivity contribution < 1.29 is 14.3 Å². The lowest BCUT2D eigenvalue weighted by atomic mass is 9.79. The molecule has 1 aliphatic rings. The van der Waals surface area contributed by atoms with E-state index < -0.39 is 10.8 Å². The molecule has 4 nitrogen and oxygen atoms in total. The van der Waals surface area contributed by atoms with Crippen LogP contribution in [0.25, 0.3) is 0 Å². The van der Waals surface area contributed by atoms with Crippen molar-refractivity contribution in [2.75, 3.05) is 13.7 Å². The summed E-state index contributed by atoms with van der Waals surface area (Å²) >= 11 is 0. The molecular weight excluding hydrogens is 266 g/mol. The van der Waals surface area contributed by atoms with Crippen molar-refractivity contribution in [2.24, 2.45) is 10.8 Å². The molecule has 0 spiro atoms. The van der Waals surface area contributed by atoms with Crippen LogP contribution in [0.3, 0.4) is 0 Å².